The fourth-order valence-corrected chi connectivity index (χ4v) is 6.08. The molecule has 0 N–H and O–H groups in total. The molecular formula is C29H29FN2O5S. The summed E-state index contributed by atoms with van der Waals surface area (Å²) in [7, 11) is -4.02. The highest BCUT2D eigenvalue weighted by Crippen LogP contribution is 2.24. The number of rotatable bonds is 10. The molecule has 1 unspecified atom stereocenters. The zero-order valence-corrected chi connectivity index (χ0v) is 21.6. The largest absolute Gasteiger partial charge is 0.467 e. The number of carbonyl (C=O) groups is 1. The zero-order valence-electron chi connectivity index (χ0n) is 20.8. The molecule has 0 saturated carbocycles. The fraction of sp³-hybridized carbons (Fsp3) is 0.276. The highest BCUT2D eigenvalue weighted by Gasteiger charge is 2.32. The summed E-state index contributed by atoms with van der Waals surface area (Å²) in [4.78, 5) is 15.3. The lowest BCUT2D eigenvalue weighted by Crippen LogP contribution is -2.45. The fourth-order valence-electron chi connectivity index (χ4n) is 4.62. The van der Waals surface area contributed by atoms with Crippen molar-refractivity contribution in [3.8, 4) is 0 Å². The summed E-state index contributed by atoms with van der Waals surface area (Å²) in [6, 6.07) is 21.9. The van der Waals surface area contributed by atoms with Crippen molar-refractivity contribution in [1.82, 2.24) is 9.21 Å². The van der Waals surface area contributed by atoms with Gasteiger partial charge < -0.3 is 14.1 Å². The number of benzene rings is 3. The third kappa shape index (κ3) is 6.12. The molecule has 1 amide bonds. The Morgan fingerprint density at radius 3 is 2.45 bits per heavy atom. The molecular weight excluding hydrogens is 507 g/mol. The highest BCUT2D eigenvalue weighted by molar-refractivity contribution is 7.89. The van der Waals surface area contributed by atoms with Crippen LogP contribution in [0.3, 0.4) is 0 Å². The van der Waals surface area contributed by atoms with E-state index in [1.165, 1.54) is 27.6 Å². The smallest absolute Gasteiger partial charge is 0.243 e. The van der Waals surface area contributed by atoms with Crippen molar-refractivity contribution in [2.45, 2.75) is 36.9 Å². The van der Waals surface area contributed by atoms with Crippen molar-refractivity contribution in [2.24, 2.45) is 0 Å². The molecule has 0 bridgehead atoms. The van der Waals surface area contributed by atoms with Crippen LogP contribution in [0.1, 0.15) is 24.2 Å². The monoisotopic (exact) mass is 536 g/mol. The van der Waals surface area contributed by atoms with Crippen LogP contribution in [0.5, 0.6) is 0 Å². The van der Waals surface area contributed by atoms with E-state index < -0.39 is 15.9 Å². The standard InChI is InChI=1S/C29H29FN2O5S/c30-25-12-9-22(10-13-25)18-31(19-26-7-3-15-36-26)29(33)21-32(20-27-8-4-16-37-27)38(34,35)28-14-11-23-5-1-2-6-24(23)17-28/h1-3,5-7,9-15,17,27H,4,8,16,18-21H2. The molecule has 1 saturated heterocycles. The maximum atomic E-state index is 13.9. The molecule has 2 heterocycles. The second-order valence-corrected chi connectivity index (χ2v) is 11.3. The Morgan fingerprint density at radius 2 is 1.74 bits per heavy atom. The van der Waals surface area contributed by atoms with Crippen molar-refractivity contribution in [3.63, 3.8) is 0 Å². The summed E-state index contributed by atoms with van der Waals surface area (Å²) in [5, 5.41) is 1.73. The Kier molecular flexibility index (Phi) is 7.87. The Morgan fingerprint density at radius 1 is 0.947 bits per heavy atom. The van der Waals surface area contributed by atoms with Crippen LogP contribution >= 0.6 is 0 Å². The van der Waals surface area contributed by atoms with Crippen LogP contribution in [0.4, 0.5) is 4.39 Å². The van der Waals surface area contributed by atoms with Gasteiger partial charge in [-0.25, -0.2) is 12.8 Å². The van der Waals surface area contributed by atoms with Crippen LogP contribution in [0, 0.1) is 5.82 Å². The Balaban J connectivity index is 1.43. The number of sulfonamides is 1. The third-order valence-electron chi connectivity index (χ3n) is 6.67. The Hall–Kier alpha value is -3.53. The minimum atomic E-state index is -4.02. The number of hydrogen-bond acceptors (Lipinski definition) is 5. The van der Waals surface area contributed by atoms with E-state index in [1.807, 2.05) is 24.3 Å². The van der Waals surface area contributed by atoms with Crippen molar-refractivity contribution >= 4 is 26.7 Å². The molecule has 4 aromatic rings. The van der Waals surface area contributed by atoms with Gasteiger partial charge in [0.25, 0.3) is 0 Å². The van der Waals surface area contributed by atoms with Gasteiger partial charge in [0.1, 0.15) is 11.6 Å². The molecule has 198 valence electrons. The molecule has 38 heavy (non-hydrogen) atoms. The van der Waals surface area contributed by atoms with Gasteiger partial charge in [0.05, 0.1) is 30.4 Å². The number of fused-ring (bicyclic) bond motifs is 1. The first-order valence-electron chi connectivity index (χ1n) is 12.5. The number of nitrogens with zero attached hydrogens (tertiary/aromatic N) is 2. The van der Waals surface area contributed by atoms with Gasteiger partial charge in [-0.1, -0.05) is 42.5 Å². The molecule has 7 nitrogen and oxygen atoms in total. The van der Waals surface area contributed by atoms with Gasteiger partial charge in [0.15, 0.2) is 0 Å². The van der Waals surface area contributed by atoms with Crippen LogP contribution < -0.4 is 0 Å². The summed E-state index contributed by atoms with van der Waals surface area (Å²) in [6.45, 7) is 0.594. The van der Waals surface area contributed by atoms with Gasteiger partial charge >= 0.3 is 0 Å². The lowest BCUT2D eigenvalue weighted by atomic mass is 10.1. The van der Waals surface area contributed by atoms with Crippen LogP contribution in [-0.4, -0.2) is 49.3 Å². The molecule has 9 heteroatoms. The molecule has 5 rings (SSSR count). The van der Waals surface area contributed by atoms with Gasteiger partial charge in [-0.15, -0.1) is 0 Å². The summed E-state index contributed by atoms with van der Waals surface area (Å²) >= 11 is 0. The minimum Gasteiger partial charge on any atom is -0.467 e. The second kappa shape index (κ2) is 11.5. The van der Waals surface area contributed by atoms with E-state index in [1.54, 1.807) is 42.5 Å². The molecule has 3 aromatic carbocycles. The van der Waals surface area contributed by atoms with Crippen molar-refractivity contribution < 1.29 is 26.8 Å². The summed E-state index contributed by atoms with van der Waals surface area (Å²) in [5.41, 5.74) is 0.717. The van der Waals surface area contributed by atoms with Crippen molar-refractivity contribution in [1.29, 1.82) is 0 Å². The average molecular weight is 537 g/mol. The van der Waals surface area contributed by atoms with Crippen molar-refractivity contribution in [2.75, 3.05) is 19.7 Å². The predicted octanol–water partition coefficient (Wildman–Crippen LogP) is 4.97. The number of amides is 1. The Bertz CT molecular complexity index is 1480. The summed E-state index contributed by atoms with van der Waals surface area (Å²) < 4.78 is 53.6. The molecule has 1 aromatic heterocycles. The normalized spacial score (nSPS) is 15.8. The van der Waals surface area contributed by atoms with E-state index >= 15 is 0 Å². The average Bonchev–Trinajstić information content (AvgIpc) is 3.63. The number of halogens is 1. The molecule has 1 fully saturated rings. The quantitative estimate of drug-likeness (QED) is 0.286. The summed E-state index contributed by atoms with van der Waals surface area (Å²) in [6.07, 6.45) is 2.80. The number of furan rings is 1. The van der Waals surface area contributed by atoms with Crippen LogP contribution in [0.2, 0.25) is 0 Å². The van der Waals surface area contributed by atoms with Crippen LogP contribution in [-0.2, 0) is 32.6 Å². The lowest BCUT2D eigenvalue weighted by molar-refractivity contribution is -0.133. The third-order valence-corrected chi connectivity index (χ3v) is 8.48. The number of hydrogen-bond donors (Lipinski definition) is 0. The maximum Gasteiger partial charge on any atom is 0.243 e. The molecule has 0 aliphatic carbocycles. The van der Waals surface area contributed by atoms with Gasteiger partial charge in [-0.05, 0) is 65.6 Å². The van der Waals surface area contributed by atoms with Crippen LogP contribution in [0.15, 0.2) is 94.4 Å². The topological polar surface area (TPSA) is 80.1 Å². The molecule has 1 atom stereocenters. The van der Waals surface area contributed by atoms with Crippen LogP contribution in [0.25, 0.3) is 10.8 Å². The van der Waals surface area contributed by atoms with Gasteiger partial charge in [-0.2, -0.15) is 4.31 Å². The first kappa shape index (κ1) is 26.1. The van der Waals surface area contributed by atoms with E-state index in [2.05, 4.69) is 0 Å². The molecule has 0 spiro atoms. The van der Waals surface area contributed by atoms with E-state index in [4.69, 9.17) is 9.15 Å². The minimum absolute atomic E-state index is 0.0754. The van der Waals surface area contributed by atoms with Gasteiger partial charge in [0, 0.05) is 19.7 Å². The van der Waals surface area contributed by atoms with Gasteiger partial charge in [-0.3, -0.25) is 4.79 Å². The van der Waals surface area contributed by atoms with E-state index in [9.17, 15) is 17.6 Å². The number of carbonyl (C=O) groups excluding carboxylic acids is 1. The molecule has 0 radical (unpaired) electrons. The zero-order chi connectivity index (χ0) is 26.5. The van der Waals surface area contributed by atoms with E-state index in [-0.39, 0.29) is 43.0 Å². The predicted molar refractivity (Wildman–Crippen MR) is 141 cm³/mol. The van der Waals surface area contributed by atoms with Crippen molar-refractivity contribution in [3.05, 3.63) is 102 Å². The van der Waals surface area contributed by atoms with Gasteiger partial charge in [0.2, 0.25) is 15.9 Å². The van der Waals surface area contributed by atoms with E-state index in [0.717, 1.165) is 29.2 Å². The summed E-state index contributed by atoms with van der Waals surface area (Å²) in [5.74, 6) is -0.210. The first-order chi connectivity index (χ1) is 18.4. The first-order valence-corrected chi connectivity index (χ1v) is 14.0. The lowest BCUT2D eigenvalue weighted by Gasteiger charge is -2.28. The Labute approximate surface area is 221 Å². The number of ether oxygens (including phenoxy) is 1. The SMILES string of the molecule is O=C(CN(CC1CCCO1)S(=O)(=O)c1ccc2ccccc2c1)N(Cc1ccc(F)cc1)Cc1ccco1. The second-order valence-electron chi connectivity index (χ2n) is 9.40. The van der Waals surface area contributed by atoms with E-state index in [0.29, 0.717) is 12.4 Å². The highest BCUT2D eigenvalue weighted by atomic mass is 32.2. The maximum absolute atomic E-state index is 13.9. The molecule has 1 aliphatic rings. The molecule has 1 aliphatic heterocycles.